The van der Waals surface area contributed by atoms with E-state index < -0.39 is 0 Å². The second-order valence-electron chi connectivity index (χ2n) is 4.35. The number of rotatable bonds is 2. The molecule has 0 unspecified atom stereocenters. The van der Waals surface area contributed by atoms with Gasteiger partial charge >= 0.3 is 0 Å². The van der Waals surface area contributed by atoms with E-state index in [0.29, 0.717) is 0 Å². The summed E-state index contributed by atoms with van der Waals surface area (Å²) in [5, 5.41) is 7.74. The van der Waals surface area contributed by atoms with E-state index in [0.717, 1.165) is 19.0 Å². The zero-order valence-corrected chi connectivity index (χ0v) is 8.86. The molecule has 1 saturated heterocycles. The van der Waals surface area contributed by atoms with Gasteiger partial charge in [0.05, 0.1) is 5.54 Å². The van der Waals surface area contributed by atoms with Crippen LogP contribution in [0.1, 0.15) is 39.0 Å². The molecule has 1 fully saturated rings. The third-order valence-electron chi connectivity index (χ3n) is 3.03. The molecule has 2 rings (SSSR count). The number of aromatic nitrogens is 2. The van der Waals surface area contributed by atoms with Crippen LogP contribution in [0, 0.1) is 0 Å². The van der Waals surface area contributed by atoms with Gasteiger partial charge in [0.15, 0.2) is 0 Å². The van der Waals surface area contributed by atoms with E-state index >= 15 is 0 Å². The predicted octanol–water partition coefficient (Wildman–Crippen LogP) is 1.79. The highest BCUT2D eigenvalue weighted by Gasteiger charge is 2.33. The molecule has 0 N–H and O–H groups in total. The van der Waals surface area contributed by atoms with E-state index in [-0.39, 0.29) is 5.54 Å². The Hall–Kier alpha value is -0.900. The Morgan fingerprint density at radius 1 is 1.29 bits per heavy atom. The summed E-state index contributed by atoms with van der Waals surface area (Å²) in [6, 6.07) is 0. The molecular weight excluding hydrogens is 178 g/mol. The standard InChI is InChI=1S/C10H17N3O/c1-10(2,9-12-11-8-14-9)13-6-4-3-5-7-13/h8H,3-7H2,1-2H3. The minimum atomic E-state index is -0.114. The fourth-order valence-corrected chi connectivity index (χ4v) is 2.03. The maximum atomic E-state index is 5.29. The molecule has 1 aliphatic heterocycles. The molecule has 2 heterocycles. The highest BCUT2D eigenvalue weighted by Crippen LogP contribution is 2.28. The van der Waals surface area contributed by atoms with Gasteiger partial charge in [-0.15, -0.1) is 10.2 Å². The second-order valence-corrected chi connectivity index (χ2v) is 4.35. The topological polar surface area (TPSA) is 42.2 Å². The lowest BCUT2D eigenvalue weighted by Gasteiger charge is -2.38. The third-order valence-corrected chi connectivity index (χ3v) is 3.03. The van der Waals surface area contributed by atoms with Crippen molar-refractivity contribution >= 4 is 0 Å². The maximum Gasteiger partial charge on any atom is 0.235 e. The van der Waals surface area contributed by atoms with Crippen molar-refractivity contribution in [3.8, 4) is 0 Å². The van der Waals surface area contributed by atoms with Crippen molar-refractivity contribution in [3.05, 3.63) is 12.3 Å². The molecule has 0 bridgehead atoms. The second kappa shape index (κ2) is 3.69. The Kier molecular flexibility index (Phi) is 2.54. The summed E-state index contributed by atoms with van der Waals surface area (Å²) in [5.74, 6) is 0.722. The molecule has 0 spiro atoms. The lowest BCUT2D eigenvalue weighted by molar-refractivity contribution is 0.0705. The van der Waals surface area contributed by atoms with Crippen molar-refractivity contribution in [2.75, 3.05) is 13.1 Å². The number of piperidine rings is 1. The van der Waals surface area contributed by atoms with Crippen molar-refractivity contribution in [1.29, 1.82) is 0 Å². The molecule has 0 radical (unpaired) electrons. The number of likely N-dealkylation sites (tertiary alicyclic amines) is 1. The average Bonchev–Trinajstić information content (AvgIpc) is 2.72. The van der Waals surface area contributed by atoms with Gasteiger partial charge in [0.1, 0.15) is 0 Å². The van der Waals surface area contributed by atoms with E-state index in [2.05, 4.69) is 28.9 Å². The first-order valence-electron chi connectivity index (χ1n) is 5.23. The molecule has 1 aromatic heterocycles. The Bertz CT molecular complexity index is 276. The molecule has 0 amide bonds. The minimum absolute atomic E-state index is 0.114. The van der Waals surface area contributed by atoms with Crippen LogP contribution >= 0.6 is 0 Å². The summed E-state index contributed by atoms with van der Waals surface area (Å²) in [7, 11) is 0. The Morgan fingerprint density at radius 2 is 2.00 bits per heavy atom. The molecule has 78 valence electrons. The summed E-state index contributed by atoms with van der Waals surface area (Å²) in [5.41, 5.74) is -0.114. The van der Waals surface area contributed by atoms with Crippen LogP contribution in [-0.4, -0.2) is 28.2 Å². The summed E-state index contributed by atoms with van der Waals surface area (Å²) < 4.78 is 5.29. The quantitative estimate of drug-likeness (QED) is 0.721. The van der Waals surface area contributed by atoms with Crippen molar-refractivity contribution in [2.24, 2.45) is 0 Å². The zero-order chi connectivity index (χ0) is 10.0. The maximum absolute atomic E-state index is 5.29. The molecule has 1 aromatic rings. The molecule has 0 saturated carbocycles. The zero-order valence-electron chi connectivity index (χ0n) is 8.86. The SMILES string of the molecule is CC(C)(c1nnco1)N1CCCCC1. The predicted molar refractivity (Wildman–Crippen MR) is 52.7 cm³/mol. The van der Waals surface area contributed by atoms with Gasteiger partial charge < -0.3 is 4.42 Å². The number of nitrogens with zero attached hydrogens (tertiary/aromatic N) is 3. The van der Waals surface area contributed by atoms with E-state index in [4.69, 9.17) is 4.42 Å². The monoisotopic (exact) mass is 195 g/mol. The summed E-state index contributed by atoms with van der Waals surface area (Å²) in [4.78, 5) is 2.42. The van der Waals surface area contributed by atoms with E-state index in [1.807, 2.05) is 0 Å². The Balaban J connectivity index is 2.14. The van der Waals surface area contributed by atoms with Gasteiger partial charge in [-0.25, -0.2) is 0 Å². The minimum Gasteiger partial charge on any atom is -0.426 e. The molecule has 4 heteroatoms. The lowest BCUT2D eigenvalue weighted by Crippen LogP contribution is -2.44. The fourth-order valence-electron chi connectivity index (χ4n) is 2.03. The van der Waals surface area contributed by atoms with Gasteiger partial charge in [0, 0.05) is 0 Å². The molecule has 0 aliphatic carbocycles. The number of hydrogen-bond acceptors (Lipinski definition) is 4. The Labute approximate surface area is 84.3 Å². The van der Waals surface area contributed by atoms with Crippen LogP contribution in [-0.2, 0) is 5.54 Å². The van der Waals surface area contributed by atoms with Crippen molar-refractivity contribution in [1.82, 2.24) is 15.1 Å². The highest BCUT2D eigenvalue weighted by atomic mass is 16.4. The molecule has 1 aliphatic rings. The number of hydrogen-bond donors (Lipinski definition) is 0. The van der Waals surface area contributed by atoms with Crippen LogP contribution in [0.4, 0.5) is 0 Å². The van der Waals surface area contributed by atoms with Crippen molar-refractivity contribution < 1.29 is 4.42 Å². The van der Waals surface area contributed by atoms with Crippen molar-refractivity contribution in [3.63, 3.8) is 0 Å². The van der Waals surface area contributed by atoms with Crippen LogP contribution in [0.15, 0.2) is 10.8 Å². The van der Waals surface area contributed by atoms with E-state index in [1.165, 1.54) is 25.7 Å². The normalized spacial score (nSPS) is 19.9. The van der Waals surface area contributed by atoms with Gasteiger partial charge in [-0.05, 0) is 39.8 Å². The average molecular weight is 195 g/mol. The van der Waals surface area contributed by atoms with E-state index in [1.54, 1.807) is 0 Å². The van der Waals surface area contributed by atoms with Gasteiger partial charge in [0.2, 0.25) is 12.3 Å². The van der Waals surface area contributed by atoms with Crippen LogP contribution in [0.3, 0.4) is 0 Å². The summed E-state index contributed by atoms with van der Waals surface area (Å²) in [6.45, 7) is 6.56. The van der Waals surface area contributed by atoms with Crippen LogP contribution in [0.25, 0.3) is 0 Å². The van der Waals surface area contributed by atoms with Crippen LogP contribution < -0.4 is 0 Å². The molecule has 4 nitrogen and oxygen atoms in total. The van der Waals surface area contributed by atoms with Gasteiger partial charge in [-0.3, -0.25) is 4.90 Å². The summed E-state index contributed by atoms with van der Waals surface area (Å²) >= 11 is 0. The van der Waals surface area contributed by atoms with Gasteiger partial charge in [-0.1, -0.05) is 6.42 Å². The first-order valence-corrected chi connectivity index (χ1v) is 5.23. The van der Waals surface area contributed by atoms with Crippen molar-refractivity contribution in [2.45, 2.75) is 38.6 Å². The van der Waals surface area contributed by atoms with Gasteiger partial charge in [-0.2, -0.15) is 0 Å². The van der Waals surface area contributed by atoms with E-state index in [9.17, 15) is 0 Å². The van der Waals surface area contributed by atoms with Crippen LogP contribution in [0.5, 0.6) is 0 Å². The molecule has 0 atom stereocenters. The molecular formula is C10H17N3O. The first kappa shape index (κ1) is 9.65. The molecule has 14 heavy (non-hydrogen) atoms. The largest absolute Gasteiger partial charge is 0.426 e. The molecule has 0 aromatic carbocycles. The van der Waals surface area contributed by atoms with Crippen LogP contribution in [0.2, 0.25) is 0 Å². The highest BCUT2D eigenvalue weighted by molar-refractivity contribution is 4.97. The third kappa shape index (κ3) is 1.66. The van der Waals surface area contributed by atoms with Gasteiger partial charge in [0.25, 0.3) is 0 Å². The smallest absolute Gasteiger partial charge is 0.235 e. The lowest BCUT2D eigenvalue weighted by atomic mass is 9.99. The Morgan fingerprint density at radius 3 is 2.57 bits per heavy atom. The summed E-state index contributed by atoms with van der Waals surface area (Å²) in [6.07, 6.45) is 5.30. The fraction of sp³-hybridized carbons (Fsp3) is 0.800. The first-order chi connectivity index (χ1) is 6.71.